The monoisotopic (exact) mass is 343 g/mol. The number of rotatable bonds is 4. The maximum absolute atomic E-state index is 11.5. The molecule has 1 N–H and O–H groups in total. The van der Waals surface area contributed by atoms with Gasteiger partial charge in [-0.05, 0) is 49.6 Å². The zero-order valence-corrected chi connectivity index (χ0v) is 14.5. The van der Waals surface area contributed by atoms with Crippen LogP contribution < -0.4 is 0 Å². The fraction of sp³-hybridized carbons (Fsp3) is 0.350. The first-order chi connectivity index (χ1) is 11.5. The van der Waals surface area contributed by atoms with E-state index in [1.165, 1.54) is 11.1 Å². The molecular formula is C20H22ClNO2. The van der Waals surface area contributed by atoms with Gasteiger partial charge in [0.25, 0.3) is 0 Å². The van der Waals surface area contributed by atoms with Gasteiger partial charge in [-0.2, -0.15) is 0 Å². The summed E-state index contributed by atoms with van der Waals surface area (Å²) in [7, 11) is 0. The molecule has 2 atom stereocenters. The largest absolute Gasteiger partial charge is 0.481 e. The predicted molar refractivity (Wildman–Crippen MR) is 96.4 cm³/mol. The second-order valence-electron chi connectivity index (χ2n) is 6.54. The van der Waals surface area contributed by atoms with Gasteiger partial charge in [-0.1, -0.05) is 53.6 Å². The molecule has 3 rings (SSSR count). The van der Waals surface area contributed by atoms with Gasteiger partial charge in [0.2, 0.25) is 0 Å². The van der Waals surface area contributed by atoms with Crippen LogP contribution in [0.2, 0.25) is 5.02 Å². The minimum atomic E-state index is -0.700. The summed E-state index contributed by atoms with van der Waals surface area (Å²) in [6.45, 7) is 3.55. The molecule has 2 aromatic carbocycles. The maximum Gasteiger partial charge on any atom is 0.307 e. The van der Waals surface area contributed by atoms with Crippen LogP contribution in [0.4, 0.5) is 0 Å². The lowest BCUT2D eigenvalue weighted by molar-refractivity contribution is -0.143. The molecule has 1 heterocycles. The highest BCUT2D eigenvalue weighted by atomic mass is 35.5. The Morgan fingerprint density at radius 2 is 1.92 bits per heavy atom. The van der Waals surface area contributed by atoms with E-state index in [2.05, 4.69) is 42.2 Å². The molecule has 4 heteroatoms. The minimum Gasteiger partial charge on any atom is -0.481 e. The summed E-state index contributed by atoms with van der Waals surface area (Å²) in [5, 5.41) is 10.1. The van der Waals surface area contributed by atoms with E-state index in [9.17, 15) is 9.90 Å². The lowest BCUT2D eigenvalue weighted by Gasteiger charge is -2.37. The van der Waals surface area contributed by atoms with E-state index in [1.807, 2.05) is 18.2 Å². The van der Waals surface area contributed by atoms with Gasteiger partial charge < -0.3 is 5.11 Å². The molecule has 0 bridgehead atoms. The molecule has 0 amide bonds. The summed E-state index contributed by atoms with van der Waals surface area (Å²) in [6, 6.07) is 16.3. The van der Waals surface area contributed by atoms with Crippen LogP contribution in [-0.4, -0.2) is 29.1 Å². The van der Waals surface area contributed by atoms with E-state index in [-0.39, 0.29) is 12.0 Å². The van der Waals surface area contributed by atoms with Crippen molar-refractivity contribution in [2.45, 2.75) is 25.8 Å². The van der Waals surface area contributed by atoms with Gasteiger partial charge in [0.15, 0.2) is 0 Å². The number of hydrogen-bond acceptors (Lipinski definition) is 2. The van der Waals surface area contributed by atoms with Crippen LogP contribution in [-0.2, 0) is 4.79 Å². The smallest absolute Gasteiger partial charge is 0.307 e. The van der Waals surface area contributed by atoms with Crippen molar-refractivity contribution in [1.82, 2.24) is 4.90 Å². The van der Waals surface area contributed by atoms with E-state index < -0.39 is 5.97 Å². The second kappa shape index (κ2) is 7.37. The lowest BCUT2D eigenvalue weighted by atomic mass is 9.91. The van der Waals surface area contributed by atoms with Crippen LogP contribution >= 0.6 is 11.6 Å². The number of piperidine rings is 1. The number of likely N-dealkylation sites (tertiary alicyclic amines) is 1. The number of halogens is 1. The van der Waals surface area contributed by atoms with Crippen LogP contribution in [0.5, 0.6) is 0 Å². The van der Waals surface area contributed by atoms with Gasteiger partial charge in [-0.3, -0.25) is 9.69 Å². The van der Waals surface area contributed by atoms with Gasteiger partial charge in [0.05, 0.1) is 12.0 Å². The molecule has 2 unspecified atom stereocenters. The topological polar surface area (TPSA) is 40.5 Å². The van der Waals surface area contributed by atoms with Gasteiger partial charge in [0.1, 0.15) is 0 Å². The van der Waals surface area contributed by atoms with Crippen molar-refractivity contribution in [2.24, 2.45) is 5.92 Å². The Bertz CT molecular complexity index is 686. The predicted octanol–water partition coefficient (Wildman–Crippen LogP) is 4.53. The summed E-state index contributed by atoms with van der Waals surface area (Å²) in [5.41, 5.74) is 3.49. The zero-order valence-electron chi connectivity index (χ0n) is 13.8. The SMILES string of the molecule is Cc1cccc(C(c2cccc(Cl)c2)N2CCCC(C(=O)O)C2)c1. The van der Waals surface area contributed by atoms with Gasteiger partial charge >= 0.3 is 5.97 Å². The standard InChI is InChI=1S/C20H22ClNO2/c1-14-5-2-6-15(11-14)19(16-7-3-9-18(21)12-16)22-10-4-8-17(13-22)20(23)24/h2-3,5-7,9,11-12,17,19H,4,8,10,13H2,1H3,(H,23,24). The van der Waals surface area contributed by atoms with E-state index >= 15 is 0 Å². The zero-order chi connectivity index (χ0) is 17.1. The Labute approximate surface area is 147 Å². The summed E-state index contributed by atoms with van der Waals surface area (Å²) in [6.07, 6.45) is 1.65. The maximum atomic E-state index is 11.5. The highest BCUT2D eigenvalue weighted by molar-refractivity contribution is 6.30. The Hall–Kier alpha value is -1.84. The minimum absolute atomic E-state index is 0.0331. The number of hydrogen-bond donors (Lipinski definition) is 1. The first-order valence-corrected chi connectivity index (χ1v) is 8.71. The normalized spacial score (nSPS) is 19.8. The third-order valence-electron chi connectivity index (χ3n) is 4.69. The molecule has 0 saturated carbocycles. The number of aliphatic carboxylic acids is 1. The van der Waals surface area contributed by atoms with Crippen molar-refractivity contribution in [3.63, 3.8) is 0 Å². The average molecular weight is 344 g/mol. The van der Waals surface area contributed by atoms with Crippen molar-refractivity contribution >= 4 is 17.6 Å². The molecule has 0 radical (unpaired) electrons. The first-order valence-electron chi connectivity index (χ1n) is 8.33. The second-order valence-corrected chi connectivity index (χ2v) is 6.98. The molecule has 2 aromatic rings. The number of nitrogens with zero attached hydrogens (tertiary/aromatic N) is 1. The summed E-state index contributed by atoms with van der Waals surface area (Å²) in [4.78, 5) is 13.7. The van der Waals surface area contributed by atoms with Crippen LogP contribution in [0.25, 0.3) is 0 Å². The van der Waals surface area contributed by atoms with Crippen LogP contribution in [0.3, 0.4) is 0 Å². The molecule has 3 nitrogen and oxygen atoms in total. The molecule has 0 aromatic heterocycles. The van der Waals surface area contributed by atoms with Crippen LogP contribution in [0, 0.1) is 12.8 Å². The molecule has 1 aliphatic rings. The molecular weight excluding hydrogens is 322 g/mol. The van der Waals surface area contributed by atoms with Crippen molar-refractivity contribution in [3.05, 3.63) is 70.2 Å². The van der Waals surface area contributed by atoms with Crippen molar-refractivity contribution in [3.8, 4) is 0 Å². The Morgan fingerprint density at radius 1 is 1.21 bits per heavy atom. The van der Waals surface area contributed by atoms with Gasteiger partial charge in [-0.15, -0.1) is 0 Å². The van der Waals surface area contributed by atoms with Gasteiger partial charge in [-0.25, -0.2) is 0 Å². The molecule has 1 fully saturated rings. The number of carboxylic acid groups (broad SMARTS) is 1. The Morgan fingerprint density at radius 3 is 2.58 bits per heavy atom. The molecule has 1 saturated heterocycles. The fourth-order valence-corrected chi connectivity index (χ4v) is 3.77. The molecule has 126 valence electrons. The highest BCUT2D eigenvalue weighted by Crippen LogP contribution is 2.34. The third-order valence-corrected chi connectivity index (χ3v) is 4.92. The van der Waals surface area contributed by atoms with Crippen molar-refractivity contribution in [2.75, 3.05) is 13.1 Å². The fourth-order valence-electron chi connectivity index (χ4n) is 3.57. The van der Waals surface area contributed by atoms with E-state index in [4.69, 9.17) is 11.6 Å². The van der Waals surface area contributed by atoms with E-state index in [1.54, 1.807) is 0 Å². The Kier molecular flexibility index (Phi) is 5.22. The average Bonchev–Trinajstić information content (AvgIpc) is 2.55. The molecule has 0 spiro atoms. The van der Waals surface area contributed by atoms with Crippen LogP contribution in [0.15, 0.2) is 48.5 Å². The Balaban J connectivity index is 2.00. The highest BCUT2D eigenvalue weighted by Gasteiger charge is 2.31. The summed E-state index contributed by atoms with van der Waals surface area (Å²) in [5.74, 6) is -1.00. The molecule has 1 aliphatic heterocycles. The first kappa shape index (κ1) is 17.0. The molecule has 24 heavy (non-hydrogen) atoms. The third kappa shape index (κ3) is 3.80. The summed E-state index contributed by atoms with van der Waals surface area (Å²) < 4.78 is 0. The van der Waals surface area contributed by atoms with Crippen LogP contribution in [0.1, 0.15) is 35.6 Å². The quantitative estimate of drug-likeness (QED) is 0.886. The number of carbonyl (C=O) groups is 1. The number of aryl methyl sites for hydroxylation is 1. The number of carboxylic acids is 1. The van der Waals surface area contributed by atoms with E-state index in [0.717, 1.165) is 24.9 Å². The van der Waals surface area contributed by atoms with E-state index in [0.29, 0.717) is 11.6 Å². The van der Waals surface area contributed by atoms with Crippen molar-refractivity contribution in [1.29, 1.82) is 0 Å². The summed E-state index contributed by atoms with van der Waals surface area (Å²) >= 11 is 6.21. The molecule has 0 aliphatic carbocycles. The lowest BCUT2D eigenvalue weighted by Crippen LogP contribution is -2.41. The van der Waals surface area contributed by atoms with Gasteiger partial charge in [0, 0.05) is 11.6 Å². The van der Waals surface area contributed by atoms with Crippen molar-refractivity contribution < 1.29 is 9.90 Å². The number of benzene rings is 2.